The lowest BCUT2D eigenvalue weighted by molar-refractivity contribution is -0.129. The number of carbonyl (C=O) groups excluding carboxylic acids is 1. The third kappa shape index (κ3) is 3.57. The summed E-state index contributed by atoms with van der Waals surface area (Å²) < 4.78 is 1.81. The van der Waals surface area contributed by atoms with Gasteiger partial charge in [-0.1, -0.05) is 60.3 Å². The first kappa shape index (κ1) is 18.8. The van der Waals surface area contributed by atoms with Crippen molar-refractivity contribution < 1.29 is 4.79 Å². The molecule has 1 aliphatic heterocycles. The van der Waals surface area contributed by atoms with Gasteiger partial charge in [0.1, 0.15) is 16.6 Å². The first-order chi connectivity index (χ1) is 14.8. The molecule has 1 atom stereocenters. The molecule has 0 bridgehead atoms. The SMILES string of the molecule is O=C([C@@H](Sc1ncnc2c1cnn2-c1ccccc1)c1ccccc1)N1CCCC1. The van der Waals surface area contributed by atoms with Gasteiger partial charge in [0.2, 0.25) is 5.91 Å². The number of nitrogens with zero attached hydrogens (tertiary/aromatic N) is 5. The number of para-hydroxylation sites is 1. The molecule has 1 saturated heterocycles. The van der Waals surface area contributed by atoms with Crippen molar-refractivity contribution in [2.75, 3.05) is 13.1 Å². The Labute approximate surface area is 179 Å². The number of carbonyl (C=O) groups is 1. The van der Waals surface area contributed by atoms with Crippen LogP contribution < -0.4 is 0 Å². The zero-order valence-electron chi connectivity index (χ0n) is 16.4. The molecule has 0 saturated carbocycles. The van der Waals surface area contributed by atoms with Gasteiger partial charge in [0.25, 0.3) is 0 Å². The number of likely N-dealkylation sites (tertiary alicyclic amines) is 1. The van der Waals surface area contributed by atoms with Crippen LogP contribution in [-0.4, -0.2) is 43.6 Å². The van der Waals surface area contributed by atoms with E-state index in [4.69, 9.17) is 0 Å². The van der Waals surface area contributed by atoms with Crippen molar-refractivity contribution in [2.24, 2.45) is 0 Å². The molecule has 5 rings (SSSR count). The van der Waals surface area contributed by atoms with Crippen LogP contribution in [-0.2, 0) is 4.79 Å². The normalized spacial score (nSPS) is 14.9. The number of fused-ring (bicyclic) bond motifs is 1. The molecule has 0 spiro atoms. The first-order valence-electron chi connectivity index (χ1n) is 10.1. The Morgan fingerprint density at radius 1 is 0.933 bits per heavy atom. The van der Waals surface area contributed by atoms with Gasteiger partial charge in [-0.3, -0.25) is 4.79 Å². The van der Waals surface area contributed by atoms with Crippen molar-refractivity contribution in [3.63, 3.8) is 0 Å². The van der Waals surface area contributed by atoms with E-state index >= 15 is 0 Å². The maximum Gasteiger partial charge on any atom is 0.240 e. The highest BCUT2D eigenvalue weighted by molar-refractivity contribution is 8.00. The Hall–Kier alpha value is -3.19. The molecule has 4 aromatic rings. The molecule has 150 valence electrons. The number of thioether (sulfide) groups is 1. The monoisotopic (exact) mass is 415 g/mol. The summed E-state index contributed by atoms with van der Waals surface area (Å²) in [4.78, 5) is 24.3. The van der Waals surface area contributed by atoms with Gasteiger partial charge in [0.05, 0.1) is 17.3 Å². The van der Waals surface area contributed by atoms with E-state index in [1.165, 1.54) is 11.8 Å². The lowest BCUT2D eigenvalue weighted by atomic mass is 10.1. The molecular weight excluding hydrogens is 394 g/mol. The van der Waals surface area contributed by atoms with Crippen LogP contribution in [0.5, 0.6) is 0 Å². The Morgan fingerprint density at radius 2 is 1.63 bits per heavy atom. The number of benzene rings is 2. The number of aromatic nitrogens is 4. The third-order valence-electron chi connectivity index (χ3n) is 5.30. The quantitative estimate of drug-likeness (QED) is 0.360. The number of hydrogen-bond acceptors (Lipinski definition) is 5. The highest BCUT2D eigenvalue weighted by Crippen LogP contribution is 2.39. The van der Waals surface area contributed by atoms with E-state index in [1.807, 2.05) is 65.6 Å². The van der Waals surface area contributed by atoms with Gasteiger partial charge in [0.15, 0.2) is 5.65 Å². The predicted molar refractivity (Wildman–Crippen MR) is 118 cm³/mol. The minimum Gasteiger partial charge on any atom is -0.341 e. The van der Waals surface area contributed by atoms with Crippen LogP contribution in [0.15, 0.2) is 78.2 Å². The third-order valence-corrected chi connectivity index (χ3v) is 6.56. The van der Waals surface area contributed by atoms with Gasteiger partial charge in [-0.05, 0) is 30.5 Å². The van der Waals surface area contributed by atoms with Gasteiger partial charge < -0.3 is 4.90 Å². The summed E-state index contributed by atoms with van der Waals surface area (Å²) in [6.07, 6.45) is 5.47. The number of rotatable bonds is 5. The zero-order valence-corrected chi connectivity index (χ0v) is 17.2. The standard InChI is InChI=1S/C23H21N5OS/c29-23(27-13-7-8-14-27)20(17-9-3-1-4-10-17)30-22-19-15-26-28(21(19)24-16-25-22)18-11-5-2-6-12-18/h1-6,9-12,15-16,20H,7-8,13-14H2/t20-/m0/s1. The fraction of sp³-hybridized carbons (Fsp3) is 0.217. The van der Waals surface area contributed by atoms with Gasteiger partial charge in [-0.15, -0.1) is 0 Å². The Balaban J connectivity index is 1.53. The summed E-state index contributed by atoms with van der Waals surface area (Å²) in [6, 6.07) is 19.8. The average molecular weight is 416 g/mol. The van der Waals surface area contributed by atoms with Crippen molar-refractivity contribution in [1.82, 2.24) is 24.6 Å². The van der Waals surface area contributed by atoms with Crippen LogP contribution in [0.2, 0.25) is 0 Å². The Bertz CT molecular complexity index is 1160. The van der Waals surface area contributed by atoms with E-state index in [1.54, 1.807) is 17.2 Å². The van der Waals surface area contributed by atoms with E-state index in [0.717, 1.165) is 53.2 Å². The van der Waals surface area contributed by atoms with Gasteiger partial charge in [-0.2, -0.15) is 5.10 Å². The van der Waals surface area contributed by atoms with Crippen molar-refractivity contribution in [3.05, 3.63) is 78.8 Å². The largest absolute Gasteiger partial charge is 0.341 e. The van der Waals surface area contributed by atoms with E-state index in [-0.39, 0.29) is 11.2 Å². The molecule has 30 heavy (non-hydrogen) atoms. The maximum atomic E-state index is 13.4. The minimum atomic E-state index is -0.345. The van der Waals surface area contributed by atoms with E-state index in [9.17, 15) is 4.79 Å². The predicted octanol–water partition coefficient (Wildman–Crippen LogP) is 4.27. The zero-order chi connectivity index (χ0) is 20.3. The summed E-state index contributed by atoms with van der Waals surface area (Å²) in [5, 5.41) is 5.80. The molecule has 1 aliphatic rings. The number of amides is 1. The van der Waals surface area contributed by atoms with Crippen LogP contribution in [0, 0.1) is 0 Å². The van der Waals surface area contributed by atoms with Crippen molar-refractivity contribution >= 4 is 28.7 Å². The van der Waals surface area contributed by atoms with Gasteiger partial charge >= 0.3 is 0 Å². The molecular formula is C23H21N5OS. The molecule has 1 fully saturated rings. The van der Waals surface area contributed by atoms with Gasteiger partial charge in [-0.25, -0.2) is 14.6 Å². The Kier molecular flexibility index (Phi) is 5.19. The van der Waals surface area contributed by atoms with Crippen LogP contribution in [0.25, 0.3) is 16.7 Å². The molecule has 7 heteroatoms. The van der Waals surface area contributed by atoms with E-state index in [2.05, 4.69) is 15.1 Å². The lowest BCUT2D eigenvalue weighted by Gasteiger charge is -2.23. The molecule has 0 radical (unpaired) electrons. The Morgan fingerprint density at radius 3 is 2.37 bits per heavy atom. The van der Waals surface area contributed by atoms with E-state index < -0.39 is 0 Å². The molecule has 6 nitrogen and oxygen atoms in total. The van der Waals surface area contributed by atoms with Crippen LogP contribution in [0.3, 0.4) is 0 Å². The molecule has 1 amide bonds. The van der Waals surface area contributed by atoms with Crippen molar-refractivity contribution in [3.8, 4) is 5.69 Å². The highest BCUT2D eigenvalue weighted by atomic mass is 32.2. The van der Waals surface area contributed by atoms with Crippen molar-refractivity contribution in [2.45, 2.75) is 23.1 Å². The summed E-state index contributed by atoms with van der Waals surface area (Å²) in [5.74, 6) is 0.144. The lowest BCUT2D eigenvalue weighted by Crippen LogP contribution is -2.31. The molecule has 2 aromatic carbocycles. The summed E-state index contributed by atoms with van der Waals surface area (Å²) in [6.45, 7) is 1.65. The first-order valence-corrected chi connectivity index (χ1v) is 10.9. The van der Waals surface area contributed by atoms with Crippen LogP contribution in [0.4, 0.5) is 0 Å². The average Bonchev–Trinajstić information content (AvgIpc) is 3.49. The minimum absolute atomic E-state index is 0.144. The second kappa shape index (κ2) is 8.28. The van der Waals surface area contributed by atoms with Crippen LogP contribution >= 0.6 is 11.8 Å². The molecule has 0 N–H and O–H groups in total. The van der Waals surface area contributed by atoms with Gasteiger partial charge in [0, 0.05) is 13.1 Å². The second-order valence-corrected chi connectivity index (χ2v) is 8.34. The van der Waals surface area contributed by atoms with E-state index in [0.29, 0.717) is 0 Å². The molecule has 3 heterocycles. The summed E-state index contributed by atoms with van der Waals surface area (Å²) in [7, 11) is 0. The van der Waals surface area contributed by atoms with Crippen molar-refractivity contribution in [1.29, 1.82) is 0 Å². The smallest absolute Gasteiger partial charge is 0.240 e. The second-order valence-electron chi connectivity index (χ2n) is 7.25. The summed E-state index contributed by atoms with van der Waals surface area (Å²) in [5.41, 5.74) is 2.66. The van der Waals surface area contributed by atoms with Crippen LogP contribution in [0.1, 0.15) is 23.7 Å². The maximum absolute atomic E-state index is 13.4. The summed E-state index contributed by atoms with van der Waals surface area (Å²) >= 11 is 1.48. The molecule has 2 aromatic heterocycles. The topological polar surface area (TPSA) is 63.9 Å². The fourth-order valence-electron chi connectivity index (χ4n) is 3.78. The molecule has 0 unspecified atom stereocenters. The fourth-order valence-corrected chi connectivity index (χ4v) is 4.92. The molecule has 0 aliphatic carbocycles. The number of hydrogen-bond donors (Lipinski definition) is 0. The highest BCUT2D eigenvalue weighted by Gasteiger charge is 2.30.